The number of carbonyl (C=O) groups is 1. The number of hydrogen-bond donors (Lipinski definition) is 1. The lowest BCUT2D eigenvalue weighted by atomic mass is 10.1. The Labute approximate surface area is 191 Å². The lowest BCUT2D eigenvalue weighted by Crippen LogP contribution is -2.55. The monoisotopic (exact) mass is 443 g/mol. The summed E-state index contributed by atoms with van der Waals surface area (Å²) in [5.74, 6) is 1.94. The van der Waals surface area contributed by atoms with Gasteiger partial charge in [-0.3, -0.25) is 14.7 Å². The number of piperazine rings is 1. The number of rotatable bonds is 6. The van der Waals surface area contributed by atoms with Crippen LogP contribution in [0.4, 0.5) is 0 Å². The second kappa shape index (κ2) is 11.0. The van der Waals surface area contributed by atoms with Crippen molar-refractivity contribution in [3.05, 3.63) is 29.8 Å². The Morgan fingerprint density at radius 3 is 2.38 bits per heavy atom. The molecule has 4 rings (SSSR count). The van der Waals surface area contributed by atoms with Gasteiger partial charge in [-0.1, -0.05) is 12.1 Å². The zero-order chi connectivity index (χ0) is 22.3. The molecule has 3 aliphatic heterocycles. The van der Waals surface area contributed by atoms with Crippen molar-refractivity contribution in [2.45, 2.75) is 37.8 Å². The van der Waals surface area contributed by atoms with E-state index in [0.717, 1.165) is 57.3 Å². The van der Waals surface area contributed by atoms with Gasteiger partial charge in [-0.05, 0) is 56.5 Å². The third kappa shape index (κ3) is 5.35. The number of aliphatic imine (C=N–C) groups is 1. The van der Waals surface area contributed by atoms with Crippen LogP contribution in [0.5, 0.6) is 5.75 Å². The summed E-state index contributed by atoms with van der Waals surface area (Å²) in [6.07, 6.45) is 4.11. The highest BCUT2D eigenvalue weighted by molar-refractivity contribution is 5.82. The van der Waals surface area contributed by atoms with Crippen LogP contribution in [-0.4, -0.2) is 99.2 Å². The van der Waals surface area contributed by atoms with Crippen LogP contribution in [0.25, 0.3) is 0 Å². The summed E-state index contributed by atoms with van der Waals surface area (Å²) in [7, 11) is 3.54. The molecule has 2 atom stereocenters. The van der Waals surface area contributed by atoms with Crippen molar-refractivity contribution in [1.29, 1.82) is 0 Å². The molecule has 1 amide bonds. The molecule has 0 spiro atoms. The number of nitrogens with zero attached hydrogens (tertiary/aromatic N) is 4. The van der Waals surface area contributed by atoms with E-state index in [1.165, 1.54) is 18.4 Å². The van der Waals surface area contributed by atoms with Crippen LogP contribution in [0.3, 0.4) is 0 Å². The van der Waals surface area contributed by atoms with Crippen molar-refractivity contribution in [3.8, 4) is 5.75 Å². The molecule has 176 valence electrons. The minimum Gasteiger partial charge on any atom is -0.497 e. The average molecular weight is 444 g/mol. The Morgan fingerprint density at radius 1 is 1.09 bits per heavy atom. The zero-order valence-electron chi connectivity index (χ0n) is 19.5. The molecule has 1 aromatic rings. The van der Waals surface area contributed by atoms with Gasteiger partial charge in [-0.15, -0.1) is 0 Å². The molecule has 3 aliphatic rings. The summed E-state index contributed by atoms with van der Waals surface area (Å²) in [6, 6.07) is 8.71. The molecule has 0 aliphatic carbocycles. The van der Waals surface area contributed by atoms with Crippen molar-refractivity contribution in [3.63, 3.8) is 0 Å². The fraction of sp³-hybridized carbons (Fsp3) is 0.667. The molecule has 3 fully saturated rings. The number of benzene rings is 1. The lowest BCUT2D eigenvalue weighted by molar-refractivity contribution is -0.142. The predicted molar refractivity (Wildman–Crippen MR) is 125 cm³/mol. The summed E-state index contributed by atoms with van der Waals surface area (Å²) < 4.78 is 10.9. The van der Waals surface area contributed by atoms with E-state index in [1.54, 1.807) is 7.11 Å². The first-order chi connectivity index (χ1) is 15.7. The summed E-state index contributed by atoms with van der Waals surface area (Å²) in [6.45, 7) is 6.76. The zero-order valence-corrected chi connectivity index (χ0v) is 19.5. The van der Waals surface area contributed by atoms with Crippen LogP contribution in [-0.2, 0) is 9.53 Å². The van der Waals surface area contributed by atoms with E-state index < -0.39 is 0 Å². The van der Waals surface area contributed by atoms with E-state index in [1.807, 2.05) is 24.1 Å². The highest BCUT2D eigenvalue weighted by Crippen LogP contribution is 2.26. The summed E-state index contributed by atoms with van der Waals surface area (Å²) in [4.78, 5) is 23.9. The topological polar surface area (TPSA) is 69.6 Å². The predicted octanol–water partition coefficient (Wildman–Crippen LogP) is 1.73. The molecule has 2 unspecified atom stereocenters. The van der Waals surface area contributed by atoms with Gasteiger partial charge in [0.1, 0.15) is 11.9 Å². The molecule has 8 heteroatoms. The third-order valence-electron chi connectivity index (χ3n) is 6.84. The van der Waals surface area contributed by atoms with Crippen molar-refractivity contribution >= 4 is 11.9 Å². The maximum Gasteiger partial charge on any atom is 0.251 e. The third-order valence-corrected chi connectivity index (χ3v) is 6.84. The Bertz CT molecular complexity index is 764. The van der Waals surface area contributed by atoms with E-state index in [4.69, 9.17) is 9.47 Å². The maximum absolute atomic E-state index is 12.6. The number of carbonyl (C=O) groups excluding carboxylic acids is 1. The summed E-state index contributed by atoms with van der Waals surface area (Å²) in [5, 5.41) is 3.62. The van der Waals surface area contributed by atoms with Gasteiger partial charge < -0.3 is 24.6 Å². The first-order valence-corrected chi connectivity index (χ1v) is 11.9. The first-order valence-electron chi connectivity index (χ1n) is 11.9. The molecule has 3 heterocycles. The number of likely N-dealkylation sites (tertiary alicyclic amines) is 1. The molecule has 3 saturated heterocycles. The molecule has 1 N–H and O–H groups in total. The lowest BCUT2D eigenvalue weighted by Gasteiger charge is -2.38. The van der Waals surface area contributed by atoms with Gasteiger partial charge in [0.15, 0.2) is 5.96 Å². The smallest absolute Gasteiger partial charge is 0.251 e. The highest BCUT2D eigenvalue weighted by atomic mass is 16.5. The fourth-order valence-corrected chi connectivity index (χ4v) is 4.97. The van der Waals surface area contributed by atoms with Crippen molar-refractivity contribution < 1.29 is 14.3 Å². The molecule has 8 nitrogen and oxygen atoms in total. The van der Waals surface area contributed by atoms with Crippen LogP contribution in [0.2, 0.25) is 0 Å². The molecular formula is C24H37N5O3. The van der Waals surface area contributed by atoms with Crippen molar-refractivity contribution in [2.75, 3.05) is 66.6 Å². The second-order valence-electron chi connectivity index (χ2n) is 8.77. The molecule has 1 aromatic carbocycles. The van der Waals surface area contributed by atoms with Gasteiger partial charge in [-0.2, -0.15) is 0 Å². The average Bonchev–Trinajstić information content (AvgIpc) is 3.57. The quantitative estimate of drug-likeness (QED) is 0.534. The maximum atomic E-state index is 12.6. The first kappa shape index (κ1) is 22.9. The summed E-state index contributed by atoms with van der Waals surface area (Å²) in [5.41, 5.74) is 1.29. The number of guanidine groups is 1. The molecule has 0 bridgehead atoms. The van der Waals surface area contributed by atoms with Crippen LogP contribution in [0.1, 0.15) is 37.3 Å². The van der Waals surface area contributed by atoms with Crippen molar-refractivity contribution in [2.24, 2.45) is 4.99 Å². The van der Waals surface area contributed by atoms with Crippen LogP contribution in [0.15, 0.2) is 29.3 Å². The van der Waals surface area contributed by atoms with Gasteiger partial charge in [0.05, 0.1) is 13.2 Å². The van der Waals surface area contributed by atoms with E-state index in [9.17, 15) is 4.79 Å². The van der Waals surface area contributed by atoms with E-state index in [0.29, 0.717) is 25.7 Å². The Balaban J connectivity index is 1.34. The Morgan fingerprint density at radius 2 is 1.78 bits per heavy atom. The molecule has 0 aromatic heterocycles. The minimum atomic E-state index is -0.232. The minimum absolute atomic E-state index is 0.152. The van der Waals surface area contributed by atoms with Crippen LogP contribution < -0.4 is 10.1 Å². The van der Waals surface area contributed by atoms with Crippen LogP contribution >= 0.6 is 0 Å². The molecular weight excluding hydrogens is 406 g/mol. The van der Waals surface area contributed by atoms with Gasteiger partial charge in [-0.25, -0.2) is 0 Å². The van der Waals surface area contributed by atoms with E-state index >= 15 is 0 Å². The normalized spacial score (nSPS) is 23.4. The SMILES string of the molecule is CN=C(NCC(c1ccc(OC)cc1)N1CCCC1)N1CCN(C(=O)C2CCCO2)CC1. The second-order valence-corrected chi connectivity index (χ2v) is 8.77. The van der Waals surface area contributed by atoms with Crippen molar-refractivity contribution in [1.82, 2.24) is 20.0 Å². The molecule has 32 heavy (non-hydrogen) atoms. The highest BCUT2D eigenvalue weighted by Gasteiger charge is 2.31. The standard InChI is InChI=1S/C24H37N5O3/c1-25-24(29-15-13-28(14-16-29)23(30)22-6-5-17-32-22)26-18-21(27-11-3-4-12-27)19-7-9-20(31-2)10-8-19/h7-10,21-22H,3-6,11-18H2,1-2H3,(H,25,26). The van der Waals surface area contributed by atoms with E-state index in [2.05, 4.69) is 32.2 Å². The molecule has 0 saturated carbocycles. The largest absolute Gasteiger partial charge is 0.497 e. The number of amides is 1. The number of nitrogens with one attached hydrogen (secondary N) is 1. The summed E-state index contributed by atoms with van der Waals surface area (Å²) >= 11 is 0. The van der Waals surface area contributed by atoms with Gasteiger partial charge in [0.2, 0.25) is 0 Å². The van der Waals surface area contributed by atoms with Gasteiger partial charge in [0.25, 0.3) is 5.91 Å². The Kier molecular flexibility index (Phi) is 7.86. The molecule has 0 radical (unpaired) electrons. The van der Waals surface area contributed by atoms with Crippen LogP contribution in [0, 0.1) is 0 Å². The fourth-order valence-electron chi connectivity index (χ4n) is 4.97. The number of methoxy groups -OCH3 is 1. The number of ether oxygens (including phenoxy) is 2. The van der Waals surface area contributed by atoms with Gasteiger partial charge in [0, 0.05) is 46.4 Å². The number of hydrogen-bond acceptors (Lipinski definition) is 5. The van der Waals surface area contributed by atoms with Gasteiger partial charge >= 0.3 is 0 Å². The van der Waals surface area contributed by atoms with E-state index in [-0.39, 0.29) is 12.0 Å². The Hall–Kier alpha value is -2.32.